The molecule has 6 nitrogen and oxygen atoms in total. The molecule has 0 aromatic heterocycles. The number of hydrogen-bond donors (Lipinski definition) is 1. The number of carbonyl (C=O) groups is 1. The molecule has 0 bridgehead atoms. The van der Waals surface area contributed by atoms with E-state index in [0.717, 1.165) is 19.4 Å². The average molecular weight is 292 g/mol. The van der Waals surface area contributed by atoms with Gasteiger partial charge in [-0.2, -0.15) is 0 Å². The molecule has 1 aromatic carbocycles. The standard InChI is InChI=1S/C15H20N2O4/c1-19-12-7-10(8-13-14(12)21-6-5-20-13)15(18)17-4-2-3-11(16)9-17/h7-8,11H,2-6,9,16H2,1H3. The number of rotatable bonds is 2. The van der Waals surface area contributed by atoms with Gasteiger partial charge in [0.05, 0.1) is 7.11 Å². The zero-order chi connectivity index (χ0) is 14.8. The number of hydrogen-bond acceptors (Lipinski definition) is 5. The van der Waals surface area contributed by atoms with E-state index in [-0.39, 0.29) is 11.9 Å². The minimum atomic E-state index is -0.0413. The van der Waals surface area contributed by atoms with E-state index < -0.39 is 0 Å². The van der Waals surface area contributed by atoms with Gasteiger partial charge in [0.15, 0.2) is 11.5 Å². The van der Waals surface area contributed by atoms with Crippen molar-refractivity contribution in [1.29, 1.82) is 0 Å². The summed E-state index contributed by atoms with van der Waals surface area (Å²) in [5, 5.41) is 0. The van der Waals surface area contributed by atoms with E-state index in [1.807, 2.05) is 0 Å². The van der Waals surface area contributed by atoms with Crippen LogP contribution in [0.2, 0.25) is 0 Å². The Morgan fingerprint density at radius 2 is 2.19 bits per heavy atom. The molecule has 2 N–H and O–H groups in total. The fourth-order valence-electron chi connectivity index (χ4n) is 2.77. The van der Waals surface area contributed by atoms with Crippen LogP contribution in [0.5, 0.6) is 17.2 Å². The van der Waals surface area contributed by atoms with Crippen LogP contribution < -0.4 is 19.9 Å². The minimum absolute atomic E-state index is 0.0413. The maximum atomic E-state index is 12.6. The fraction of sp³-hybridized carbons (Fsp3) is 0.533. The van der Waals surface area contributed by atoms with Crippen molar-refractivity contribution < 1.29 is 19.0 Å². The average Bonchev–Trinajstić information content (AvgIpc) is 2.53. The second-order valence-electron chi connectivity index (χ2n) is 5.36. The summed E-state index contributed by atoms with van der Waals surface area (Å²) < 4.78 is 16.4. The molecule has 1 aromatic rings. The first kappa shape index (κ1) is 14.0. The van der Waals surface area contributed by atoms with E-state index in [0.29, 0.717) is 42.6 Å². The third kappa shape index (κ3) is 2.76. The minimum Gasteiger partial charge on any atom is -0.493 e. The number of ether oxygens (including phenoxy) is 3. The summed E-state index contributed by atoms with van der Waals surface area (Å²) in [6.45, 7) is 2.29. The van der Waals surface area contributed by atoms with Gasteiger partial charge >= 0.3 is 0 Å². The molecule has 0 saturated carbocycles. The molecule has 114 valence electrons. The molecule has 0 spiro atoms. The lowest BCUT2D eigenvalue weighted by molar-refractivity contribution is 0.0707. The zero-order valence-corrected chi connectivity index (χ0v) is 12.1. The van der Waals surface area contributed by atoms with Gasteiger partial charge in [-0.25, -0.2) is 0 Å². The number of nitrogens with two attached hydrogens (primary N) is 1. The Balaban J connectivity index is 1.89. The molecular weight excluding hydrogens is 272 g/mol. The fourth-order valence-corrected chi connectivity index (χ4v) is 2.77. The number of piperidine rings is 1. The van der Waals surface area contributed by atoms with Crippen molar-refractivity contribution in [3.63, 3.8) is 0 Å². The van der Waals surface area contributed by atoms with Gasteiger partial charge in [0.25, 0.3) is 5.91 Å². The van der Waals surface area contributed by atoms with Crippen LogP contribution in [0.15, 0.2) is 12.1 Å². The van der Waals surface area contributed by atoms with E-state index in [4.69, 9.17) is 19.9 Å². The Hall–Kier alpha value is -1.95. The summed E-state index contributed by atoms with van der Waals surface area (Å²) in [5.41, 5.74) is 6.49. The molecule has 3 rings (SSSR count). The highest BCUT2D eigenvalue weighted by Crippen LogP contribution is 2.40. The summed E-state index contributed by atoms with van der Waals surface area (Å²) in [4.78, 5) is 14.4. The molecule has 0 radical (unpaired) electrons. The molecular formula is C15H20N2O4. The van der Waals surface area contributed by atoms with Gasteiger partial charge in [-0.3, -0.25) is 4.79 Å². The van der Waals surface area contributed by atoms with Crippen molar-refractivity contribution in [1.82, 2.24) is 4.90 Å². The topological polar surface area (TPSA) is 74.0 Å². The lowest BCUT2D eigenvalue weighted by atomic mass is 10.0. The molecule has 1 saturated heterocycles. The highest BCUT2D eigenvalue weighted by Gasteiger charge is 2.26. The molecule has 2 heterocycles. The van der Waals surface area contributed by atoms with Crippen molar-refractivity contribution in [3.05, 3.63) is 17.7 Å². The first-order valence-corrected chi connectivity index (χ1v) is 7.21. The van der Waals surface area contributed by atoms with Crippen molar-refractivity contribution in [2.24, 2.45) is 5.73 Å². The summed E-state index contributed by atoms with van der Waals surface area (Å²) >= 11 is 0. The van der Waals surface area contributed by atoms with Crippen LogP contribution >= 0.6 is 0 Å². The number of likely N-dealkylation sites (tertiary alicyclic amines) is 1. The number of methoxy groups -OCH3 is 1. The molecule has 21 heavy (non-hydrogen) atoms. The van der Waals surface area contributed by atoms with Gasteiger partial charge in [0.1, 0.15) is 13.2 Å². The molecule has 2 aliphatic rings. The molecule has 1 fully saturated rings. The summed E-state index contributed by atoms with van der Waals surface area (Å²) in [7, 11) is 1.55. The molecule has 6 heteroatoms. The van der Waals surface area contributed by atoms with Crippen molar-refractivity contribution in [3.8, 4) is 17.2 Å². The number of carbonyl (C=O) groups excluding carboxylic acids is 1. The number of benzene rings is 1. The van der Waals surface area contributed by atoms with Gasteiger partial charge < -0.3 is 24.8 Å². The molecule has 2 aliphatic heterocycles. The first-order chi connectivity index (χ1) is 10.2. The Bertz CT molecular complexity index is 529. The Morgan fingerprint density at radius 3 is 2.95 bits per heavy atom. The molecule has 1 atom stereocenters. The van der Waals surface area contributed by atoms with E-state index in [1.54, 1.807) is 24.1 Å². The quantitative estimate of drug-likeness (QED) is 0.881. The largest absolute Gasteiger partial charge is 0.493 e. The van der Waals surface area contributed by atoms with Crippen LogP contribution in [0.1, 0.15) is 23.2 Å². The maximum Gasteiger partial charge on any atom is 0.254 e. The third-order valence-electron chi connectivity index (χ3n) is 3.82. The Kier molecular flexibility index (Phi) is 3.88. The van der Waals surface area contributed by atoms with Crippen LogP contribution in [-0.2, 0) is 0 Å². The van der Waals surface area contributed by atoms with E-state index in [2.05, 4.69) is 0 Å². The van der Waals surface area contributed by atoms with Crippen LogP contribution in [-0.4, -0.2) is 50.3 Å². The predicted octanol–water partition coefficient (Wildman–Crippen LogP) is 1.03. The number of fused-ring (bicyclic) bond motifs is 1. The number of amides is 1. The third-order valence-corrected chi connectivity index (χ3v) is 3.82. The second kappa shape index (κ2) is 5.81. The smallest absolute Gasteiger partial charge is 0.254 e. The Labute approximate surface area is 123 Å². The molecule has 1 unspecified atom stereocenters. The highest BCUT2D eigenvalue weighted by molar-refractivity contribution is 5.95. The van der Waals surface area contributed by atoms with Crippen LogP contribution in [0.3, 0.4) is 0 Å². The molecule has 1 amide bonds. The Morgan fingerprint density at radius 1 is 1.38 bits per heavy atom. The van der Waals surface area contributed by atoms with Gasteiger partial charge in [-0.1, -0.05) is 0 Å². The van der Waals surface area contributed by atoms with Crippen LogP contribution in [0, 0.1) is 0 Å². The zero-order valence-electron chi connectivity index (χ0n) is 12.1. The van der Waals surface area contributed by atoms with Gasteiger partial charge in [0.2, 0.25) is 5.75 Å². The lowest BCUT2D eigenvalue weighted by Gasteiger charge is -2.31. The predicted molar refractivity (Wildman–Crippen MR) is 77.1 cm³/mol. The lowest BCUT2D eigenvalue weighted by Crippen LogP contribution is -2.45. The van der Waals surface area contributed by atoms with Gasteiger partial charge in [-0.05, 0) is 25.0 Å². The highest BCUT2D eigenvalue weighted by atomic mass is 16.6. The van der Waals surface area contributed by atoms with Gasteiger partial charge in [0, 0.05) is 24.7 Å². The van der Waals surface area contributed by atoms with Crippen molar-refractivity contribution in [2.45, 2.75) is 18.9 Å². The maximum absolute atomic E-state index is 12.6. The summed E-state index contributed by atoms with van der Waals surface area (Å²) in [5.74, 6) is 1.61. The van der Waals surface area contributed by atoms with Crippen molar-refractivity contribution >= 4 is 5.91 Å². The molecule has 0 aliphatic carbocycles. The normalized spacial score (nSPS) is 21.0. The van der Waals surface area contributed by atoms with Crippen molar-refractivity contribution in [2.75, 3.05) is 33.4 Å². The monoisotopic (exact) mass is 292 g/mol. The second-order valence-corrected chi connectivity index (χ2v) is 5.36. The van der Waals surface area contributed by atoms with Crippen LogP contribution in [0.25, 0.3) is 0 Å². The SMILES string of the molecule is COc1cc(C(=O)N2CCCC(N)C2)cc2c1OCCO2. The van der Waals surface area contributed by atoms with Gasteiger partial charge in [-0.15, -0.1) is 0 Å². The summed E-state index contributed by atoms with van der Waals surface area (Å²) in [6.07, 6.45) is 1.91. The van der Waals surface area contributed by atoms with E-state index >= 15 is 0 Å². The number of nitrogens with zero attached hydrogens (tertiary/aromatic N) is 1. The van der Waals surface area contributed by atoms with E-state index in [1.165, 1.54) is 0 Å². The van der Waals surface area contributed by atoms with E-state index in [9.17, 15) is 4.79 Å². The van der Waals surface area contributed by atoms with Crippen LogP contribution in [0.4, 0.5) is 0 Å². The summed E-state index contributed by atoms with van der Waals surface area (Å²) in [6, 6.07) is 3.48. The first-order valence-electron chi connectivity index (χ1n) is 7.21.